The average Bonchev–Trinajstić information content (AvgIpc) is 2.68. The number of nitrogens with two attached hydrogens (primary N) is 2. The molecule has 144 valence electrons. The fraction of sp³-hybridized carbons (Fsp3) is 0.222. The number of hydrogen-bond acceptors (Lipinski definition) is 8. The van der Waals surface area contributed by atoms with E-state index in [2.05, 4.69) is 20.1 Å². The molecule has 0 aliphatic carbocycles. The zero-order valence-corrected chi connectivity index (χ0v) is 15.6. The number of hydrogen-bond donors (Lipinski definition) is 2. The van der Waals surface area contributed by atoms with Gasteiger partial charge in [0.2, 0.25) is 5.88 Å². The first-order chi connectivity index (χ1) is 13.3. The number of nitrogens with zero attached hydrogens (tertiary/aromatic N) is 5. The van der Waals surface area contributed by atoms with Crippen LogP contribution in [0.5, 0.6) is 5.88 Å². The van der Waals surface area contributed by atoms with E-state index in [1.165, 1.54) is 30.1 Å². The quantitative estimate of drug-likeness (QED) is 0.665. The van der Waals surface area contributed by atoms with Crippen molar-refractivity contribution in [1.82, 2.24) is 24.7 Å². The molecule has 3 aromatic rings. The van der Waals surface area contributed by atoms with E-state index in [-0.39, 0.29) is 28.8 Å². The lowest BCUT2D eigenvalue weighted by Crippen LogP contribution is -2.24. The van der Waals surface area contributed by atoms with Gasteiger partial charge < -0.3 is 16.2 Å². The summed E-state index contributed by atoms with van der Waals surface area (Å²) in [5, 5.41) is 4.36. The molecule has 3 rings (SSSR count). The van der Waals surface area contributed by atoms with Gasteiger partial charge in [0, 0.05) is 23.9 Å². The molecule has 28 heavy (non-hydrogen) atoms. The Bertz CT molecular complexity index is 1090. The van der Waals surface area contributed by atoms with Gasteiger partial charge in [0.1, 0.15) is 17.1 Å². The Balaban J connectivity index is 2.28. The van der Waals surface area contributed by atoms with Gasteiger partial charge in [-0.25, -0.2) is 19.6 Å². The number of primary amides is 1. The van der Waals surface area contributed by atoms with Crippen molar-refractivity contribution in [3.8, 4) is 28.5 Å². The third-order valence-electron chi connectivity index (χ3n) is 3.93. The number of amides is 1. The third-order valence-corrected chi connectivity index (χ3v) is 3.93. The summed E-state index contributed by atoms with van der Waals surface area (Å²) in [4.78, 5) is 36.5. The largest absolute Gasteiger partial charge is 0.481 e. The maximum atomic E-state index is 12.0. The van der Waals surface area contributed by atoms with Gasteiger partial charge in [-0.2, -0.15) is 5.10 Å². The molecule has 3 aromatic heterocycles. The molecule has 0 aliphatic heterocycles. The second-order valence-corrected chi connectivity index (χ2v) is 6.20. The monoisotopic (exact) mass is 381 g/mol. The predicted octanol–water partition coefficient (Wildman–Crippen LogP) is 1.03. The number of pyridine rings is 1. The summed E-state index contributed by atoms with van der Waals surface area (Å²) in [5.41, 5.74) is 12.3. The molecule has 0 fully saturated rings. The first kappa shape index (κ1) is 19.0. The lowest BCUT2D eigenvalue weighted by Gasteiger charge is -2.13. The van der Waals surface area contributed by atoms with E-state index in [0.29, 0.717) is 22.8 Å². The van der Waals surface area contributed by atoms with Crippen LogP contribution >= 0.6 is 0 Å². The topological polar surface area (TPSA) is 152 Å². The number of nitrogen functional groups attached to an aromatic ring is 1. The van der Waals surface area contributed by atoms with Crippen LogP contribution in [0.25, 0.3) is 22.6 Å². The van der Waals surface area contributed by atoms with Gasteiger partial charge in [0.05, 0.1) is 13.2 Å². The molecule has 0 saturated carbocycles. The summed E-state index contributed by atoms with van der Waals surface area (Å²) in [6.45, 7) is 3.66. The lowest BCUT2D eigenvalue weighted by molar-refractivity contribution is 0.0996. The number of anilines is 1. The molecular weight excluding hydrogens is 362 g/mol. The summed E-state index contributed by atoms with van der Waals surface area (Å²) >= 11 is 0. The van der Waals surface area contributed by atoms with Gasteiger partial charge >= 0.3 is 0 Å². The number of aromatic nitrogens is 5. The van der Waals surface area contributed by atoms with Gasteiger partial charge in [0.25, 0.3) is 11.5 Å². The first-order valence-electron chi connectivity index (χ1n) is 8.39. The van der Waals surface area contributed by atoms with E-state index in [0.717, 1.165) is 0 Å². The Morgan fingerprint density at radius 2 is 1.89 bits per heavy atom. The Labute approximate surface area is 160 Å². The van der Waals surface area contributed by atoms with Gasteiger partial charge in [-0.15, -0.1) is 0 Å². The predicted molar refractivity (Wildman–Crippen MR) is 103 cm³/mol. The van der Waals surface area contributed by atoms with Crippen LogP contribution in [0.15, 0.2) is 35.3 Å². The molecule has 0 aliphatic rings. The van der Waals surface area contributed by atoms with Crippen LogP contribution in [0.1, 0.15) is 30.4 Å². The number of carbonyl (C=O) groups is 1. The zero-order valence-electron chi connectivity index (χ0n) is 15.6. The van der Waals surface area contributed by atoms with Crippen LogP contribution in [0.2, 0.25) is 0 Å². The van der Waals surface area contributed by atoms with Crippen molar-refractivity contribution in [2.45, 2.75) is 19.9 Å². The van der Waals surface area contributed by atoms with Crippen molar-refractivity contribution >= 4 is 11.7 Å². The molecule has 0 unspecified atom stereocenters. The minimum atomic E-state index is -0.817. The van der Waals surface area contributed by atoms with Crippen molar-refractivity contribution in [3.05, 3.63) is 46.5 Å². The number of rotatable bonds is 5. The molecule has 0 aromatic carbocycles. The van der Waals surface area contributed by atoms with Crippen LogP contribution in [-0.4, -0.2) is 37.7 Å². The van der Waals surface area contributed by atoms with Gasteiger partial charge in [-0.1, -0.05) is 0 Å². The van der Waals surface area contributed by atoms with Crippen molar-refractivity contribution in [1.29, 1.82) is 0 Å². The van der Waals surface area contributed by atoms with Crippen LogP contribution in [0.3, 0.4) is 0 Å². The Morgan fingerprint density at radius 3 is 2.46 bits per heavy atom. The Kier molecular flexibility index (Phi) is 5.03. The minimum absolute atomic E-state index is 0.112. The van der Waals surface area contributed by atoms with E-state index in [1.54, 1.807) is 12.1 Å². The van der Waals surface area contributed by atoms with Crippen LogP contribution in [0, 0.1) is 0 Å². The number of carbonyl (C=O) groups excluding carboxylic acids is 1. The van der Waals surface area contributed by atoms with Crippen LogP contribution in [0.4, 0.5) is 5.82 Å². The fourth-order valence-corrected chi connectivity index (χ4v) is 2.57. The normalized spacial score (nSPS) is 10.9. The first-order valence-corrected chi connectivity index (χ1v) is 8.39. The Hall–Kier alpha value is -3.82. The zero-order chi connectivity index (χ0) is 20.4. The molecule has 4 N–H and O–H groups in total. The van der Waals surface area contributed by atoms with E-state index < -0.39 is 5.91 Å². The molecule has 0 spiro atoms. The number of methoxy groups -OCH3 is 1. The van der Waals surface area contributed by atoms with Gasteiger partial charge in [-0.05, 0) is 26.0 Å². The summed E-state index contributed by atoms with van der Waals surface area (Å²) in [7, 11) is 1.51. The van der Waals surface area contributed by atoms with Crippen molar-refractivity contribution < 1.29 is 9.53 Å². The molecule has 1 amide bonds. The molecule has 10 nitrogen and oxygen atoms in total. The van der Waals surface area contributed by atoms with Crippen LogP contribution in [-0.2, 0) is 0 Å². The highest BCUT2D eigenvalue weighted by atomic mass is 16.5. The van der Waals surface area contributed by atoms with E-state index >= 15 is 0 Å². The van der Waals surface area contributed by atoms with Gasteiger partial charge in [-0.3, -0.25) is 9.59 Å². The lowest BCUT2D eigenvalue weighted by atomic mass is 10.1. The maximum Gasteiger partial charge on any atom is 0.271 e. The van der Waals surface area contributed by atoms with E-state index in [9.17, 15) is 9.59 Å². The highest BCUT2D eigenvalue weighted by molar-refractivity contribution is 5.96. The Morgan fingerprint density at radius 1 is 1.14 bits per heavy atom. The summed E-state index contributed by atoms with van der Waals surface area (Å²) in [5.74, 6) is -0.506. The van der Waals surface area contributed by atoms with Gasteiger partial charge in [0.15, 0.2) is 11.5 Å². The standard InChI is InChI=1S/C18H19N7O3/c1-9(2)25-13(26)7-5-11(24-25)15-14(10-4-6-12(28-3)21-8-10)23-17(19)16(22-15)18(20)27/h4-9H,1-3H3,(H2,19,23)(H2,20,27). The fourth-order valence-electron chi connectivity index (χ4n) is 2.57. The molecular formula is C18H19N7O3. The summed E-state index contributed by atoms with van der Waals surface area (Å²) < 4.78 is 6.38. The molecule has 10 heteroatoms. The number of ether oxygens (including phenoxy) is 1. The van der Waals surface area contributed by atoms with Crippen molar-refractivity contribution in [3.63, 3.8) is 0 Å². The van der Waals surface area contributed by atoms with Crippen molar-refractivity contribution in [2.24, 2.45) is 5.73 Å². The average molecular weight is 381 g/mol. The molecule has 3 heterocycles. The highest BCUT2D eigenvalue weighted by Crippen LogP contribution is 2.29. The molecule has 0 atom stereocenters. The smallest absolute Gasteiger partial charge is 0.271 e. The van der Waals surface area contributed by atoms with E-state index in [1.807, 2.05) is 13.8 Å². The second-order valence-electron chi connectivity index (χ2n) is 6.20. The SMILES string of the molecule is COc1ccc(-c2nc(N)c(C(N)=O)nc2-c2ccc(=O)n(C(C)C)n2)cn1. The second kappa shape index (κ2) is 7.43. The van der Waals surface area contributed by atoms with E-state index in [4.69, 9.17) is 16.2 Å². The minimum Gasteiger partial charge on any atom is -0.481 e. The summed E-state index contributed by atoms with van der Waals surface area (Å²) in [6, 6.07) is 6.09. The highest BCUT2D eigenvalue weighted by Gasteiger charge is 2.20. The molecule has 0 bridgehead atoms. The molecule has 0 radical (unpaired) electrons. The maximum absolute atomic E-state index is 12.0. The third kappa shape index (κ3) is 3.52. The van der Waals surface area contributed by atoms with Crippen LogP contribution < -0.4 is 21.8 Å². The summed E-state index contributed by atoms with van der Waals surface area (Å²) in [6.07, 6.45) is 1.54. The van der Waals surface area contributed by atoms with Crippen molar-refractivity contribution in [2.75, 3.05) is 12.8 Å². The molecule has 0 saturated heterocycles.